The summed E-state index contributed by atoms with van der Waals surface area (Å²) in [7, 11) is 1.59. The Balaban J connectivity index is 1.77. The second-order valence-electron chi connectivity index (χ2n) is 6.61. The molecule has 0 N–H and O–H groups in total. The topological polar surface area (TPSA) is 52.0 Å². The van der Waals surface area contributed by atoms with Crippen LogP contribution in [0.5, 0.6) is 0 Å². The molecule has 0 aliphatic carbocycles. The zero-order valence-corrected chi connectivity index (χ0v) is 17.3. The number of rotatable bonds is 6. The predicted molar refractivity (Wildman–Crippen MR) is 114 cm³/mol. The number of nitrogens with zero attached hydrogens (tertiary/aromatic N) is 3. The zero-order valence-electron chi connectivity index (χ0n) is 16.5. The van der Waals surface area contributed by atoms with Gasteiger partial charge in [-0.2, -0.15) is 18.3 Å². The van der Waals surface area contributed by atoms with E-state index >= 15 is 0 Å². The summed E-state index contributed by atoms with van der Waals surface area (Å²) in [4.78, 5) is 5.07. The highest BCUT2D eigenvalue weighted by molar-refractivity contribution is 7.07. The Kier molecular flexibility index (Phi) is 6.06. The lowest BCUT2D eigenvalue weighted by molar-refractivity contribution is -0.137. The van der Waals surface area contributed by atoms with Gasteiger partial charge in [-0.1, -0.05) is 30.3 Å². The van der Waals surface area contributed by atoms with Gasteiger partial charge >= 0.3 is 6.18 Å². The van der Waals surface area contributed by atoms with Crippen LogP contribution in [-0.4, -0.2) is 31.2 Å². The summed E-state index contributed by atoms with van der Waals surface area (Å²) >= 11 is 1.36. The number of methoxy groups -OCH3 is 1. The van der Waals surface area contributed by atoms with Gasteiger partial charge in [0.15, 0.2) is 5.76 Å². The minimum atomic E-state index is -4.42. The van der Waals surface area contributed by atoms with Crippen molar-refractivity contribution < 1.29 is 22.3 Å². The monoisotopic (exact) mass is 445 g/mol. The van der Waals surface area contributed by atoms with E-state index in [9.17, 15) is 13.2 Å². The van der Waals surface area contributed by atoms with E-state index in [1.165, 1.54) is 23.6 Å². The second-order valence-corrected chi connectivity index (χ2v) is 7.44. The van der Waals surface area contributed by atoms with Gasteiger partial charge < -0.3 is 9.15 Å². The average Bonchev–Trinajstić information content (AvgIpc) is 3.35. The number of hydrogen-bond acceptors (Lipinski definition) is 5. The van der Waals surface area contributed by atoms with E-state index < -0.39 is 11.7 Å². The molecule has 0 bridgehead atoms. The van der Waals surface area contributed by atoms with Crippen molar-refractivity contribution >= 4 is 28.5 Å². The first kappa shape index (κ1) is 21.1. The van der Waals surface area contributed by atoms with Crippen molar-refractivity contribution in [2.75, 3.05) is 20.3 Å². The van der Waals surface area contributed by atoms with Gasteiger partial charge in [0, 0.05) is 17.9 Å². The number of hydrogen-bond donors (Lipinski definition) is 0. The fourth-order valence-corrected chi connectivity index (χ4v) is 3.79. The molecule has 2 aromatic carbocycles. The minimum Gasteiger partial charge on any atom is -0.454 e. The summed E-state index contributed by atoms with van der Waals surface area (Å²) < 4.78 is 51.6. The Bertz CT molecular complexity index is 1250. The Morgan fingerprint density at radius 3 is 2.74 bits per heavy atom. The van der Waals surface area contributed by atoms with E-state index in [4.69, 9.17) is 9.15 Å². The molecule has 31 heavy (non-hydrogen) atoms. The third-order valence-corrected chi connectivity index (χ3v) is 5.30. The predicted octanol–water partition coefficient (Wildman–Crippen LogP) is 5.41. The van der Waals surface area contributed by atoms with Gasteiger partial charge in [0.05, 0.1) is 24.9 Å². The molecule has 0 aliphatic heterocycles. The maximum absolute atomic E-state index is 13.0. The smallest absolute Gasteiger partial charge is 0.416 e. The van der Waals surface area contributed by atoms with Crippen LogP contribution < -0.4 is 4.80 Å². The van der Waals surface area contributed by atoms with Crippen LogP contribution in [0.1, 0.15) is 11.1 Å². The molecule has 160 valence electrons. The van der Waals surface area contributed by atoms with Crippen LogP contribution in [0.4, 0.5) is 13.2 Å². The van der Waals surface area contributed by atoms with Crippen molar-refractivity contribution in [3.8, 4) is 11.5 Å². The van der Waals surface area contributed by atoms with Crippen molar-refractivity contribution in [2.24, 2.45) is 10.1 Å². The van der Waals surface area contributed by atoms with Crippen molar-refractivity contribution in [2.45, 2.75) is 6.18 Å². The lowest BCUT2D eigenvalue weighted by atomic mass is 10.1. The molecular weight excluding hydrogens is 427 g/mol. The SMILES string of the molecule is COCCN=c1scc(-c2cc3ccccc3o2)n1/N=C/c1cccc(C(F)(F)F)c1. The van der Waals surface area contributed by atoms with Crippen LogP contribution in [-0.2, 0) is 10.9 Å². The molecule has 0 radical (unpaired) electrons. The van der Waals surface area contributed by atoms with E-state index in [-0.39, 0.29) is 0 Å². The number of aromatic nitrogens is 1. The van der Waals surface area contributed by atoms with Gasteiger partial charge in [-0.15, -0.1) is 11.3 Å². The summed E-state index contributed by atoms with van der Waals surface area (Å²) in [6.07, 6.45) is -3.04. The van der Waals surface area contributed by atoms with E-state index in [2.05, 4.69) is 10.1 Å². The van der Waals surface area contributed by atoms with Gasteiger partial charge in [0.25, 0.3) is 0 Å². The van der Waals surface area contributed by atoms with Crippen molar-refractivity contribution in [1.29, 1.82) is 0 Å². The molecule has 0 spiro atoms. The molecular formula is C22H18F3N3O2S. The maximum Gasteiger partial charge on any atom is 0.416 e. The third-order valence-electron chi connectivity index (χ3n) is 4.44. The maximum atomic E-state index is 13.0. The summed E-state index contributed by atoms with van der Waals surface area (Å²) in [5.41, 5.74) is 0.983. The van der Waals surface area contributed by atoms with Gasteiger partial charge in [-0.05, 0) is 29.8 Å². The molecule has 0 fully saturated rings. The van der Waals surface area contributed by atoms with Crippen LogP contribution in [0, 0.1) is 0 Å². The van der Waals surface area contributed by atoms with Gasteiger partial charge in [0.2, 0.25) is 4.80 Å². The molecule has 0 unspecified atom stereocenters. The molecule has 0 saturated carbocycles. The Morgan fingerprint density at radius 2 is 1.97 bits per heavy atom. The molecule has 0 atom stereocenters. The van der Waals surface area contributed by atoms with Gasteiger partial charge in [0.1, 0.15) is 11.3 Å². The zero-order chi connectivity index (χ0) is 21.8. The molecule has 2 aromatic heterocycles. The number of benzene rings is 2. The number of thiazole rings is 1. The molecule has 4 rings (SSSR count). The van der Waals surface area contributed by atoms with E-state index in [0.717, 1.165) is 23.1 Å². The summed E-state index contributed by atoms with van der Waals surface area (Å²) in [5.74, 6) is 0.590. The van der Waals surface area contributed by atoms with E-state index in [1.54, 1.807) is 17.9 Å². The molecule has 4 aromatic rings. The quantitative estimate of drug-likeness (QED) is 0.294. The van der Waals surface area contributed by atoms with Gasteiger partial charge in [-0.25, -0.2) is 4.68 Å². The fraction of sp³-hybridized carbons (Fsp3) is 0.182. The number of halogens is 3. The number of ether oxygens (including phenoxy) is 1. The minimum absolute atomic E-state index is 0.326. The molecule has 0 aliphatic rings. The molecule has 0 amide bonds. The number of fused-ring (bicyclic) bond motifs is 1. The normalized spacial score (nSPS) is 13.0. The average molecular weight is 445 g/mol. The molecule has 2 heterocycles. The van der Waals surface area contributed by atoms with Crippen LogP contribution in [0.25, 0.3) is 22.4 Å². The third kappa shape index (κ3) is 4.78. The molecule has 5 nitrogen and oxygen atoms in total. The van der Waals surface area contributed by atoms with Gasteiger partial charge in [-0.3, -0.25) is 4.99 Å². The Labute approximate surface area is 179 Å². The highest BCUT2D eigenvalue weighted by Crippen LogP contribution is 2.30. The Morgan fingerprint density at radius 1 is 1.13 bits per heavy atom. The summed E-state index contributed by atoms with van der Waals surface area (Å²) in [6.45, 7) is 0.866. The van der Waals surface area contributed by atoms with Crippen molar-refractivity contribution in [1.82, 2.24) is 4.68 Å². The second kappa shape index (κ2) is 8.91. The largest absolute Gasteiger partial charge is 0.454 e. The lowest BCUT2D eigenvalue weighted by Gasteiger charge is -2.06. The van der Waals surface area contributed by atoms with Crippen molar-refractivity contribution in [3.63, 3.8) is 0 Å². The Hall–Kier alpha value is -3.17. The standard InChI is InChI=1S/C22H18F3N3O2S/c1-29-10-9-26-21-28(27-13-15-5-4-7-17(11-15)22(23,24)25)18(14-31-21)20-12-16-6-2-3-8-19(16)30-20/h2-8,11-14H,9-10H2,1H3/b26-21?,27-13+. The lowest BCUT2D eigenvalue weighted by Crippen LogP contribution is -2.13. The number of alkyl halides is 3. The molecule has 0 saturated heterocycles. The first-order valence-electron chi connectivity index (χ1n) is 9.36. The van der Waals surface area contributed by atoms with Crippen LogP contribution in [0.2, 0.25) is 0 Å². The number of furan rings is 1. The van der Waals surface area contributed by atoms with E-state index in [0.29, 0.717) is 35.0 Å². The van der Waals surface area contributed by atoms with Crippen LogP contribution >= 0.6 is 11.3 Å². The van der Waals surface area contributed by atoms with E-state index in [1.807, 2.05) is 35.7 Å². The number of para-hydroxylation sites is 1. The first-order chi connectivity index (χ1) is 15.0. The van der Waals surface area contributed by atoms with Crippen LogP contribution in [0.15, 0.2) is 74.5 Å². The highest BCUT2D eigenvalue weighted by atomic mass is 32.1. The summed E-state index contributed by atoms with van der Waals surface area (Å²) in [6, 6.07) is 14.5. The highest BCUT2D eigenvalue weighted by Gasteiger charge is 2.30. The van der Waals surface area contributed by atoms with Crippen LogP contribution in [0.3, 0.4) is 0 Å². The first-order valence-corrected chi connectivity index (χ1v) is 10.2. The molecule has 9 heteroatoms. The van der Waals surface area contributed by atoms with Crippen molar-refractivity contribution in [3.05, 3.63) is 75.9 Å². The fourth-order valence-electron chi connectivity index (χ4n) is 2.95. The summed E-state index contributed by atoms with van der Waals surface area (Å²) in [5, 5.41) is 7.22.